The van der Waals surface area contributed by atoms with Crippen LogP contribution in [0.2, 0.25) is 4.47 Å². The molecule has 2 saturated carbocycles. The van der Waals surface area contributed by atoms with Crippen LogP contribution in [0.1, 0.15) is 35.4 Å². The molecule has 104 valence electrons. The molecule has 1 spiro atoms. The molecule has 0 unspecified atom stereocenters. The van der Waals surface area contributed by atoms with E-state index in [9.17, 15) is 4.79 Å². The lowest BCUT2D eigenvalue weighted by Crippen LogP contribution is -2.52. The summed E-state index contributed by atoms with van der Waals surface area (Å²) in [5.41, 5.74) is 0.532. The molecule has 2 aliphatic carbocycles. The van der Waals surface area contributed by atoms with E-state index in [0.717, 1.165) is 6.54 Å². The van der Waals surface area contributed by atoms with E-state index in [4.69, 9.17) is 16.3 Å². The SMILES string of the molecule is COC1CC2(CC(CNC(=O)c3cnc(Cl)s3)C2)C1. The van der Waals surface area contributed by atoms with Crippen molar-refractivity contribution in [1.29, 1.82) is 0 Å². The van der Waals surface area contributed by atoms with Crippen LogP contribution in [-0.4, -0.2) is 30.6 Å². The van der Waals surface area contributed by atoms with E-state index in [-0.39, 0.29) is 5.91 Å². The van der Waals surface area contributed by atoms with Crippen molar-refractivity contribution in [1.82, 2.24) is 10.3 Å². The van der Waals surface area contributed by atoms with Gasteiger partial charge in [0.25, 0.3) is 5.91 Å². The van der Waals surface area contributed by atoms with E-state index in [0.29, 0.717) is 26.8 Å². The monoisotopic (exact) mass is 300 g/mol. The molecule has 0 bridgehead atoms. The number of aromatic nitrogens is 1. The first-order valence-corrected chi connectivity index (χ1v) is 7.72. The van der Waals surface area contributed by atoms with Crippen molar-refractivity contribution in [3.63, 3.8) is 0 Å². The minimum Gasteiger partial charge on any atom is -0.381 e. The molecule has 0 saturated heterocycles. The minimum atomic E-state index is -0.0614. The van der Waals surface area contributed by atoms with Gasteiger partial charge in [0.05, 0.1) is 12.3 Å². The fourth-order valence-electron chi connectivity index (χ4n) is 3.40. The standard InChI is InChI=1S/C13H17ClN2O2S/c1-18-9-4-13(5-9)2-8(3-13)6-15-11(17)10-7-16-12(14)19-10/h7-9H,2-6H2,1H3,(H,15,17). The van der Waals surface area contributed by atoms with E-state index in [2.05, 4.69) is 10.3 Å². The maximum atomic E-state index is 11.8. The van der Waals surface area contributed by atoms with Crippen LogP contribution in [0.25, 0.3) is 0 Å². The fourth-order valence-corrected chi connectivity index (χ4v) is 4.25. The smallest absolute Gasteiger partial charge is 0.263 e. The topological polar surface area (TPSA) is 51.2 Å². The molecule has 2 aliphatic rings. The Morgan fingerprint density at radius 2 is 2.32 bits per heavy atom. The highest BCUT2D eigenvalue weighted by atomic mass is 35.5. The number of nitrogens with one attached hydrogen (secondary N) is 1. The molecule has 1 N–H and O–H groups in total. The molecule has 6 heteroatoms. The molecule has 1 amide bonds. The van der Waals surface area contributed by atoms with Crippen molar-refractivity contribution in [3.05, 3.63) is 15.5 Å². The number of rotatable bonds is 4. The molecule has 1 aromatic heterocycles. The van der Waals surface area contributed by atoms with Gasteiger partial charge in [-0.05, 0) is 37.0 Å². The minimum absolute atomic E-state index is 0.0614. The number of hydrogen-bond acceptors (Lipinski definition) is 4. The zero-order chi connectivity index (χ0) is 13.5. The summed E-state index contributed by atoms with van der Waals surface area (Å²) in [7, 11) is 1.79. The van der Waals surface area contributed by atoms with Gasteiger partial charge < -0.3 is 10.1 Å². The molecule has 0 atom stereocenters. The van der Waals surface area contributed by atoms with E-state index in [1.165, 1.54) is 43.2 Å². The zero-order valence-corrected chi connectivity index (χ0v) is 12.4. The first kappa shape index (κ1) is 13.3. The molecule has 19 heavy (non-hydrogen) atoms. The summed E-state index contributed by atoms with van der Waals surface area (Å²) in [4.78, 5) is 16.3. The van der Waals surface area contributed by atoms with E-state index in [1.807, 2.05) is 0 Å². The van der Waals surface area contributed by atoms with Gasteiger partial charge >= 0.3 is 0 Å². The van der Waals surface area contributed by atoms with Crippen LogP contribution >= 0.6 is 22.9 Å². The number of thiazole rings is 1. The van der Waals surface area contributed by atoms with Crippen molar-refractivity contribution in [3.8, 4) is 0 Å². The lowest BCUT2D eigenvalue weighted by Gasteiger charge is -2.57. The Morgan fingerprint density at radius 3 is 2.89 bits per heavy atom. The van der Waals surface area contributed by atoms with Crippen LogP contribution < -0.4 is 5.32 Å². The molecule has 4 nitrogen and oxygen atoms in total. The summed E-state index contributed by atoms with van der Waals surface area (Å²) in [5.74, 6) is 0.555. The van der Waals surface area contributed by atoms with Gasteiger partial charge in [0.2, 0.25) is 0 Å². The predicted molar refractivity (Wildman–Crippen MR) is 74.6 cm³/mol. The van der Waals surface area contributed by atoms with Gasteiger partial charge in [-0.15, -0.1) is 0 Å². The van der Waals surface area contributed by atoms with Crippen LogP contribution in [0.15, 0.2) is 6.20 Å². The van der Waals surface area contributed by atoms with Gasteiger partial charge in [0, 0.05) is 13.7 Å². The number of ether oxygens (including phenoxy) is 1. The number of carbonyl (C=O) groups excluding carboxylic acids is 1. The second kappa shape index (κ2) is 5.04. The lowest BCUT2D eigenvalue weighted by atomic mass is 9.50. The summed E-state index contributed by atoms with van der Waals surface area (Å²) in [6, 6.07) is 0. The first-order chi connectivity index (χ1) is 9.10. The van der Waals surface area contributed by atoms with Crippen molar-refractivity contribution < 1.29 is 9.53 Å². The van der Waals surface area contributed by atoms with Crippen LogP contribution in [-0.2, 0) is 4.74 Å². The van der Waals surface area contributed by atoms with Gasteiger partial charge in [0.15, 0.2) is 4.47 Å². The first-order valence-electron chi connectivity index (χ1n) is 6.52. The Bertz CT molecular complexity index is 477. The van der Waals surface area contributed by atoms with Gasteiger partial charge in [0.1, 0.15) is 4.88 Å². The maximum absolute atomic E-state index is 11.8. The maximum Gasteiger partial charge on any atom is 0.263 e. The molecule has 1 heterocycles. The van der Waals surface area contributed by atoms with Crippen molar-refractivity contribution in [2.45, 2.75) is 31.8 Å². The quantitative estimate of drug-likeness (QED) is 0.930. The third-order valence-corrected chi connectivity index (χ3v) is 5.46. The number of halogens is 1. The summed E-state index contributed by atoms with van der Waals surface area (Å²) >= 11 is 6.93. The Labute approximate surface area is 121 Å². The summed E-state index contributed by atoms with van der Waals surface area (Å²) < 4.78 is 5.73. The largest absolute Gasteiger partial charge is 0.381 e. The fraction of sp³-hybridized carbons (Fsp3) is 0.692. The number of carbonyl (C=O) groups is 1. The Balaban J connectivity index is 1.40. The molecular formula is C13H17ClN2O2S. The van der Waals surface area contributed by atoms with Crippen LogP contribution in [0, 0.1) is 11.3 Å². The summed E-state index contributed by atoms with van der Waals surface area (Å²) in [6.45, 7) is 0.758. The van der Waals surface area contributed by atoms with Gasteiger partial charge in [-0.1, -0.05) is 22.9 Å². The molecule has 1 aromatic rings. The number of nitrogens with zero attached hydrogens (tertiary/aromatic N) is 1. The van der Waals surface area contributed by atoms with Crippen LogP contribution in [0.5, 0.6) is 0 Å². The average Bonchev–Trinajstić information content (AvgIpc) is 2.71. The Hall–Kier alpha value is -0.650. The Morgan fingerprint density at radius 1 is 1.58 bits per heavy atom. The van der Waals surface area contributed by atoms with Gasteiger partial charge in [-0.25, -0.2) is 4.98 Å². The zero-order valence-electron chi connectivity index (χ0n) is 10.8. The van der Waals surface area contributed by atoms with Gasteiger partial charge in [-0.2, -0.15) is 0 Å². The number of hydrogen-bond donors (Lipinski definition) is 1. The second-order valence-electron chi connectivity index (χ2n) is 5.73. The predicted octanol–water partition coefficient (Wildman–Crippen LogP) is 2.73. The highest BCUT2D eigenvalue weighted by Crippen LogP contribution is 2.59. The van der Waals surface area contributed by atoms with Gasteiger partial charge in [-0.3, -0.25) is 4.79 Å². The normalized spacial score (nSPS) is 32.7. The molecule has 0 radical (unpaired) electrons. The molecule has 3 rings (SSSR count). The highest BCUT2D eigenvalue weighted by Gasteiger charge is 2.52. The van der Waals surface area contributed by atoms with E-state index < -0.39 is 0 Å². The molecular weight excluding hydrogens is 284 g/mol. The lowest BCUT2D eigenvalue weighted by molar-refractivity contribution is -0.124. The number of amides is 1. The average molecular weight is 301 g/mol. The number of methoxy groups -OCH3 is 1. The summed E-state index contributed by atoms with van der Waals surface area (Å²) in [6.07, 6.45) is 6.82. The van der Waals surface area contributed by atoms with E-state index >= 15 is 0 Å². The van der Waals surface area contributed by atoms with E-state index in [1.54, 1.807) is 7.11 Å². The van der Waals surface area contributed by atoms with Crippen LogP contribution in [0.4, 0.5) is 0 Å². The Kier molecular flexibility index (Phi) is 3.53. The van der Waals surface area contributed by atoms with Crippen molar-refractivity contribution >= 4 is 28.8 Å². The van der Waals surface area contributed by atoms with Crippen molar-refractivity contribution in [2.24, 2.45) is 11.3 Å². The van der Waals surface area contributed by atoms with Crippen molar-refractivity contribution in [2.75, 3.05) is 13.7 Å². The highest BCUT2D eigenvalue weighted by molar-refractivity contribution is 7.17. The molecule has 0 aromatic carbocycles. The molecule has 0 aliphatic heterocycles. The second-order valence-corrected chi connectivity index (χ2v) is 7.34. The van der Waals surface area contributed by atoms with Crippen LogP contribution in [0.3, 0.4) is 0 Å². The molecule has 2 fully saturated rings. The third-order valence-electron chi connectivity index (χ3n) is 4.35. The summed E-state index contributed by atoms with van der Waals surface area (Å²) in [5, 5.41) is 2.97. The third kappa shape index (κ3) is 2.64.